The third kappa shape index (κ3) is 2.31. The number of thiazole rings is 1. The average Bonchev–Trinajstić information content (AvgIpc) is 3.02. The van der Waals surface area contributed by atoms with Gasteiger partial charge in [0, 0.05) is 16.1 Å². The lowest BCUT2D eigenvalue weighted by Gasteiger charge is -2.04. The van der Waals surface area contributed by atoms with Crippen molar-refractivity contribution in [3.63, 3.8) is 0 Å². The first kappa shape index (κ1) is 14.8. The Kier molecular flexibility index (Phi) is 3.98. The summed E-state index contributed by atoms with van der Waals surface area (Å²) in [5, 5.41) is 0. The lowest BCUT2D eigenvalue weighted by atomic mass is 10.1. The maximum absolute atomic E-state index is 11.6. The molecule has 3 rings (SSSR count). The van der Waals surface area contributed by atoms with Crippen molar-refractivity contribution in [2.75, 3.05) is 6.61 Å². The minimum Gasteiger partial charge on any atom is -0.494 e. The van der Waals surface area contributed by atoms with E-state index in [0.29, 0.717) is 12.3 Å². The molecule has 0 aliphatic heterocycles. The molecule has 114 valence electrons. The summed E-state index contributed by atoms with van der Waals surface area (Å²) in [6.45, 7) is 6.76. The Hall–Kier alpha value is -2.14. The molecule has 0 aliphatic rings. The first-order valence-corrected chi connectivity index (χ1v) is 8.20. The highest BCUT2D eigenvalue weighted by Gasteiger charge is 2.18. The predicted octanol–water partition coefficient (Wildman–Crippen LogP) is 4.14. The normalized spacial score (nSPS) is 11.0. The molecule has 22 heavy (non-hydrogen) atoms. The molecule has 5 heteroatoms. The molecule has 0 fully saturated rings. The number of aromatic nitrogens is 2. The predicted molar refractivity (Wildman–Crippen MR) is 89.2 cm³/mol. The van der Waals surface area contributed by atoms with Crippen LogP contribution in [-0.2, 0) is 6.42 Å². The summed E-state index contributed by atoms with van der Waals surface area (Å²) in [6, 6.07) is 7.71. The molecule has 4 nitrogen and oxygen atoms in total. The number of rotatable bonds is 5. The van der Waals surface area contributed by atoms with Crippen LogP contribution in [-0.4, -0.2) is 22.3 Å². The van der Waals surface area contributed by atoms with Gasteiger partial charge in [-0.1, -0.05) is 6.92 Å². The van der Waals surface area contributed by atoms with E-state index in [4.69, 9.17) is 4.74 Å². The lowest BCUT2D eigenvalue weighted by Crippen LogP contribution is -1.97. The minimum absolute atomic E-state index is 0.625. The Balaban J connectivity index is 2.14. The van der Waals surface area contributed by atoms with Crippen LogP contribution < -0.4 is 4.74 Å². The maximum Gasteiger partial charge on any atom is 0.195 e. The van der Waals surface area contributed by atoms with Gasteiger partial charge in [0.25, 0.3) is 0 Å². The molecule has 0 saturated heterocycles. The number of aryl methyl sites for hydroxylation is 2. The molecule has 1 aromatic carbocycles. The SMILES string of the molecule is CCOc1ccc(-c2nc3sc(C)c(CC)n3c2C=O)cc1. The highest BCUT2D eigenvalue weighted by molar-refractivity contribution is 7.17. The van der Waals surface area contributed by atoms with Gasteiger partial charge in [-0.05, 0) is 44.5 Å². The summed E-state index contributed by atoms with van der Waals surface area (Å²) in [6.07, 6.45) is 1.78. The van der Waals surface area contributed by atoms with Gasteiger partial charge in [-0.2, -0.15) is 0 Å². The number of aldehydes is 1. The Labute approximate surface area is 133 Å². The minimum atomic E-state index is 0.625. The van der Waals surface area contributed by atoms with Crippen LogP contribution in [0.5, 0.6) is 5.75 Å². The third-order valence-corrected chi connectivity index (χ3v) is 4.69. The topological polar surface area (TPSA) is 43.6 Å². The Bertz CT molecular complexity index is 815. The van der Waals surface area contributed by atoms with E-state index in [-0.39, 0.29) is 0 Å². The summed E-state index contributed by atoms with van der Waals surface area (Å²) in [4.78, 5) is 18.4. The summed E-state index contributed by atoms with van der Waals surface area (Å²) < 4.78 is 7.44. The van der Waals surface area contributed by atoms with Crippen LogP contribution in [0.25, 0.3) is 16.2 Å². The van der Waals surface area contributed by atoms with E-state index >= 15 is 0 Å². The summed E-state index contributed by atoms with van der Waals surface area (Å²) in [7, 11) is 0. The Morgan fingerprint density at radius 2 is 2.00 bits per heavy atom. The zero-order valence-corrected chi connectivity index (χ0v) is 13.7. The fourth-order valence-electron chi connectivity index (χ4n) is 2.70. The molecule has 0 amide bonds. The van der Waals surface area contributed by atoms with Crippen molar-refractivity contribution >= 4 is 22.6 Å². The van der Waals surface area contributed by atoms with Crippen LogP contribution in [0, 0.1) is 6.92 Å². The van der Waals surface area contributed by atoms with Crippen LogP contribution in [0.4, 0.5) is 0 Å². The summed E-state index contributed by atoms with van der Waals surface area (Å²) in [5.41, 5.74) is 3.45. The van der Waals surface area contributed by atoms with Crippen molar-refractivity contribution in [2.45, 2.75) is 27.2 Å². The number of fused-ring (bicyclic) bond motifs is 1. The zero-order valence-electron chi connectivity index (χ0n) is 12.9. The van der Waals surface area contributed by atoms with Crippen LogP contribution >= 0.6 is 11.3 Å². The summed E-state index contributed by atoms with van der Waals surface area (Å²) in [5.74, 6) is 0.824. The quantitative estimate of drug-likeness (QED) is 0.665. The van der Waals surface area contributed by atoms with Crippen LogP contribution in [0.15, 0.2) is 24.3 Å². The van der Waals surface area contributed by atoms with E-state index in [1.54, 1.807) is 11.3 Å². The number of hydrogen-bond donors (Lipinski definition) is 0. The Morgan fingerprint density at radius 1 is 1.27 bits per heavy atom. The molecule has 0 radical (unpaired) electrons. The van der Waals surface area contributed by atoms with Gasteiger partial charge in [-0.15, -0.1) is 11.3 Å². The van der Waals surface area contributed by atoms with Gasteiger partial charge in [-0.3, -0.25) is 9.20 Å². The standard InChI is InChI=1S/C17H18N2O2S/c1-4-14-11(3)22-17-18-16(15(10-20)19(14)17)12-6-8-13(9-7-12)21-5-2/h6-10H,4-5H2,1-3H3. The molecule has 0 bridgehead atoms. The number of carbonyl (C=O) groups is 1. The second kappa shape index (κ2) is 5.93. The Morgan fingerprint density at radius 3 is 2.59 bits per heavy atom. The first-order chi connectivity index (χ1) is 10.7. The first-order valence-electron chi connectivity index (χ1n) is 7.38. The van der Waals surface area contributed by atoms with E-state index in [1.807, 2.05) is 35.6 Å². The third-order valence-electron chi connectivity index (χ3n) is 3.69. The van der Waals surface area contributed by atoms with Gasteiger partial charge < -0.3 is 4.74 Å². The molecule has 0 saturated carbocycles. The molecular formula is C17H18N2O2S. The molecule has 0 aliphatic carbocycles. The molecule has 0 unspecified atom stereocenters. The van der Waals surface area contributed by atoms with Gasteiger partial charge in [0.05, 0.1) is 6.61 Å². The van der Waals surface area contributed by atoms with E-state index < -0.39 is 0 Å². The van der Waals surface area contributed by atoms with Gasteiger partial charge in [-0.25, -0.2) is 4.98 Å². The number of nitrogens with zero attached hydrogens (tertiary/aromatic N) is 2. The van der Waals surface area contributed by atoms with Crippen molar-refractivity contribution in [3.8, 4) is 17.0 Å². The smallest absolute Gasteiger partial charge is 0.195 e. The van der Waals surface area contributed by atoms with E-state index in [0.717, 1.165) is 40.4 Å². The highest BCUT2D eigenvalue weighted by Crippen LogP contribution is 2.31. The maximum atomic E-state index is 11.6. The van der Waals surface area contributed by atoms with Crippen LogP contribution in [0.2, 0.25) is 0 Å². The molecule has 2 aromatic heterocycles. The molecule has 3 aromatic rings. The molecular weight excluding hydrogens is 296 g/mol. The second-order valence-electron chi connectivity index (χ2n) is 5.00. The number of ether oxygens (including phenoxy) is 1. The largest absolute Gasteiger partial charge is 0.494 e. The van der Waals surface area contributed by atoms with Gasteiger partial charge in [0.2, 0.25) is 0 Å². The van der Waals surface area contributed by atoms with Crippen molar-refractivity contribution in [1.29, 1.82) is 0 Å². The van der Waals surface area contributed by atoms with E-state index in [9.17, 15) is 4.79 Å². The fraction of sp³-hybridized carbons (Fsp3) is 0.294. The highest BCUT2D eigenvalue weighted by atomic mass is 32.1. The number of imidazole rings is 1. The fourth-order valence-corrected chi connectivity index (χ4v) is 3.76. The van der Waals surface area contributed by atoms with Crippen molar-refractivity contribution in [2.24, 2.45) is 0 Å². The molecule has 0 atom stereocenters. The van der Waals surface area contributed by atoms with Crippen LogP contribution in [0.3, 0.4) is 0 Å². The van der Waals surface area contributed by atoms with Crippen molar-refractivity contribution in [1.82, 2.24) is 9.38 Å². The molecule has 2 heterocycles. The van der Waals surface area contributed by atoms with Crippen molar-refractivity contribution < 1.29 is 9.53 Å². The van der Waals surface area contributed by atoms with Crippen LogP contribution in [0.1, 0.15) is 34.9 Å². The number of carbonyl (C=O) groups excluding carboxylic acids is 1. The second-order valence-corrected chi connectivity index (χ2v) is 6.18. The average molecular weight is 314 g/mol. The van der Waals surface area contributed by atoms with Gasteiger partial charge in [0.15, 0.2) is 11.2 Å². The lowest BCUT2D eigenvalue weighted by molar-refractivity contribution is 0.111. The van der Waals surface area contributed by atoms with Crippen molar-refractivity contribution in [3.05, 3.63) is 40.5 Å². The zero-order chi connectivity index (χ0) is 15.7. The van der Waals surface area contributed by atoms with E-state index in [1.165, 1.54) is 4.88 Å². The number of hydrogen-bond acceptors (Lipinski definition) is 4. The van der Waals surface area contributed by atoms with Gasteiger partial charge >= 0.3 is 0 Å². The van der Waals surface area contributed by atoms with Gasteiger partial charge in [0.1, 0.15) is 17.1 Å². The summed E-state index contributed by atoms with van der Waals surface area (Å²) >= 11 is 1.63. The molecule has 0 N–H and O–H groups in total. The van der Waals surface area contributed by atoms with E-state index in [2.05, 4.69) is 18.8 Å². The number of benzene rings is 1. The molecule has 0 spiro atoms. The monoisotopic (exact) mass is 314 g/mol.